The number of halogens is 1. The largest absolute Gasteiger partial charge is 0.321 e. The Hall–Kier alpha value is 0.140. The minimum absolute atomic E-state index is 0.0281. The summed E-state index contributed by atoms with van der Waals surface area (Å²) >= 11 is 5.41. The SMILES string of the molecule is Cc1sc(C2(N)CCCCC2)cc1Br. The molecule has 78 valence electrons. The Morgan fingerprint density at radius 2 is 2.00 bits per heavy atom. The zero-order valence-corrected chi connectivity index (χ0v) is 10.9. The summed E-state index contributed by atoms with van der Waals surface area (Å²) in [6, 6.07) is 2.21. The third kappa shape index (κ3) is 1.90. The van der Waals surface area contributed by atoms with Crippen molar-refractivity contribution in [3.63, 3.8) is 0 Å². The second-order valence-electron chi connectivity index (χ2n) is 4.23. The number of nitrogens with two attached hydrogens (primary N) is 1. The lowest BCUT2D eigenvalue weighted by Crippen LogP contribution is -2.37. The summed E-state index contributed by atoms with van der Waals surface area (Å²) in [6.07, 6.45) is 6.22. The van der Waals surface area contributed by atoms with Gasteiger partial charge in [-0.1, -0.05) is 19.3 Å². The quantitative estimate of drug-likeness (QED) is 0.824. The van der Waals surface area contributed by atoms with E-state index in [1.807, 2.05) is 11.3 Å². The van der Waals surface area contributed by atoms with Crippen LogP contribution in [0.1, 0.15) is 41.9 Å². The van der Waals surface area contributed by atoms with Gasteiger partial charge in [0.15, 0.2) is 0 Å². The van der Waals surface area contributed by atoms with Crippen molar-refractivity contribution in [2.45, 2.75) is 44.6 Å². The van der Waals surface area contributed by atoms with Crippen LogP contribution in [-0.2, 0) is 5.54 Å². The molecule has 1 aromatic rings. The molecule has 0 radical (unpaired) electrons. The average molecular weight is 274 g/mol. The molecule has 0 aromatic carbocycles. The molecule has 0 spiro atoms. The van der Waals surface area contributed by atoms with E-state index >= 15 is 0 Å². The first-order chi connectivity index (χ1) is 6.62. The second-order valence-corrected chi connectivity index (χ2v) is 6.34. The van der Waals surface area contributed by atoms with Gasteiger partial charge in [0.1, 0.15) is 0 Å². The van der Waals surface area contributed by atoms with Gasteiger partial charge in [0.25, 0.3) is 0 Å². The molecule has 2 rings (SSSR count). The summed E-state index contributed by atoms with van der Waals surface area (Å²) in [5, 5.41) is 0. The van der Waals surface area contributed by atoms with Crippen molar-refractivity contribution in [3.05, 3.63) is 20.3 Å². The molecule has 0 bridgehead atoms. The highest BCUT2D eigenvalue weighted by Crippen LogP contribution is 2.40. The molecule has 1 heterocycles. The molecule has 1 aliphatic rings. The molecule has 1 nitrogen and oxygen atoms in total. The third-order valence-electron chi connectivity index (χ3n) is 3.09. The number of aryl methyl sites for hydroxylation is 1. The van der Waals surface area contributed by atoms with Gasteiger partial charge < -0.3 is 5.73 Å². The van der Waals surface area contributed by atoms with Crippen LogP contribution in [0.2, 0.25) is 0 Å². The number of rotatable bonds is 1. The summed E-state index contributed by atoms with van der Waals surface area (Å²) in [5.41, 5.74) is 6.42. The van der Waals surface area contributed by atoms with Gasteiger partial charge in [-0.05, 0) is 41.8 Å². The Kier molecular flexibility index (Phi) is 3.01. The van der Waals surface area contributed by atoms with Crippen molar-refractivity contribution in [1.82, 2.24) is 0 Å². The number of hydrogen-bond donors (Lipinski definition) is 1. The Morgan fingerprint density at radius 3 is 2.50 bits per heavy atom. The molecule has 1 aliphatic carbocycles. The van der Waals surface area contributed by atoms with Crippen LogP contribution in [0, 0.1) is 6.92 Å². The molecular formula is C11H16BrNS. The maximum Gasteiger partial charge on any atom is 0.0504 e. The maximum absolute atomic E-state index is 6.45. The fourth-order valence-electron chi connectivity index (χ4n) is 2.13. The summed E-state index contributed by atoms with van der Waals surface area (Å²) in [4.78, 5) is 2.71. The second kappa shape index (κ2) is 3.95. The molecule has 1 aromatic heterocycles. The monoisotopic (exact) mass is 273 g/mol. The van der Waals surface area contributed by atoms with E-state index in [-0.39, 0.29) is 5.54 Å². The van der Waals surface area contributed by atoms with E-state index in [4.69, 9.17) is 5.73 Å². The topological polar surface area (TPSA) is 26.0 Å². The Labute approximate surface area is 97.8 Å². The van der Waals surface area contributed by atoms with Crippen LogP contribution in [0.4, 0.5) is 0 Å². The van der Waals surface area contributed by atoms with Gasteiger partial charge in [-0.2, -0.15) is 0 Å². The van der Waals surface area contributed by atoms with Crippen molar-refractivity contribution in [2.24, 2.45) is 5.73 Å². The van der Waals surface area contributed by atoms with Crippen molar-refractivity contribution in [3.8, 4) is 0 Å². The maximum atomic E-state index is 6.45. The van der Waals surface area contributed by atoms with Gasteiger partial charge in [0.2, 0.25) is 0 Å². The highest BCUT2D eigenvalue weighted by atomic mass is 79.9. The highest BCUT2D eigenvalue weighted by molar-refractivity contribution is 9.10. The first-order valence-electron chi connectivity index (χ1n) is 5.17. The van der Waals surface area contributed by atoms with E-state index in [2.05, 4.69) is 28.9 Å². The normalized spacial score (nSPS) is 21.1. The van der Waals surface area contributed by atoms with E-state index in [0.717, 1.165) is 12.8 Å². The molecule has 1 saturated carbocycles. The Morgan fingerprint density at radius 1 is 1.36 bits per heavy atom. The molecule has 0 aliphatic heterocycles. The molecule has 1 fully saturated rings. The number of thiophene rings is 1. The van der Waals surface area contributed by atoms with Gasteiger partial charge in [-0.3, -0.25) is 0 Å². The lowest BCUT2D eigenvalue weighted by atomic mass is 9.81. The van der Waals surface area contributed by atoms with Crippen LogP contribution in [-0.4, -0.2) is 0 Å². The van der Waals surface area contributed by atoms with Crippen LogP contribution in [0.3, 0.4) is 0 Å². The molecule has 14 heavy (non-hydrogen) atoms. The average Bonchev–Trinajstić information content (AvgIpc) is 2.49. The van der Waals surface area contributed by atoms with Crippen LogP contribution >= 0.6 is 27.3 Å². The zero-order chi connectivity index (χ0) is 10.2. The molecule has 0 saturated heterocycles. The predicted molar refractivity (Wildman–Crippen MR) is 65.7 cm³/mol. The van der Waals surface area contributed by atoms with Gasteiger partial charge >= 0.3 is 0 Å². The molecule has 0 unspecified atom stereocenters. The number of hydrogen-bond acceptors (Lipinski definition) is 2. The zero-order valence-electron chi connectivity index (χ0n) is 8.48. The lowest BCUT2D eigenvalue weighted by Gasteiger charge is -2.32. The van der Waals surface area contributed by atoms with Crippen LogP contribution in [0.15, 0.2) is 10.5 Å². The van der Waals surface area contributed by atoms with Crippen molar-refractivity contribution in [1.29, 1.82) is 0 Å². The predicted octanol–water partition coefficient (Wildman–Crippen LogP) is 3.94. The molecule has 3 heteroatoms. The van der Waals surface area contributed by atoms with Crippen LogP contribution < -0.4 is 5.73 Å². The fourth-order valence-corrected chi connectivity index (χ4v) is 3.83. The van der Waals surface area contributed by atoms with Crippen molar-refractivity contribution < 1.29 is 0 Å². The van der Waals surface area contributed by atoms with E-state index < -0.39 is 0 Å². The lowest BCUT2D eigenvalue weighted by molar-refractivity contribution is 0.307. The van der Waals surface area contributed by atoms with Crippen LogP contribution in [0.5, 0.6) is 0 Å². The molecule has 2 N–H and O–H groups in total. The van der Waals surface area contributed by atoms with E-state index in [0.29, 0.717) is 0 Å². The minimum atomic E-state index is -0.0281. The third-order valence-corrected chi connectivity index (χ3v) is 5.45. The van der Waals surface area contributed by atoms with E-state index in [1.165, 1.54) is 33.5 Å². The first kappa shape index (κ1) is 10.7. The fraction of sp³-hybridized carbons (Fsp3) is 0.636. The molecular weight excluding hydrogens is 258 g/mol. The Balaban J connectivity index is 2.28. The van der Waals surface area contributed by atoms with Gasteiger partial charge in [-0.25, -0.2) is 0 Å². The van der Waals surface area contributed by atoms with Crippen molar-refractivity contribution in [2.75, 3.05) is 0 Å². The smallest absolute Gasteiger partial charge is 0.0504 e. The minimum Gasteiger partial charge on any atom is -0.321 e. The summed E-state index contributed by atoms with van der Waals surface area (Å²) in [5.74, 6) is 0. The van der Waals surface area contributed by atoms with Crippen LogP contribution in [0.25, 0.3) is 0 Å². The first-order valence-corrected chi connectivity index (χ1v) is 6.78. The highest BCUT2D eigenvalue weighted by Gasteiger charge is 2.31. The molecule has 0 amide bonds. The summed E-state index contributed by atoms with van der Waals surface area (Å²) in [6.45, 7) is 2.14. The van der Waals surface area contributed by atoms with E-state index in [9.17, 15) is 0 Å². The summed E-state index contributed by atoms with van der Waals surface area (Å²) in [7, 11) is 0. The van der Waals surface area contributed by atoms with Gasteiger partial charge in [0.05, 0.1) is 5.54 Å². The van der Waals surface area contributed by atoms with E-state index in [1.54, 1.807) is 0 Å². The Bertz CT molecular complexity index is 307. The standard InChI is InChI=1S/C11H16BrNS/c1-8-9(12)7-10(14-8)11(13)5-3-2-4-6-11/h7H,2-6,13H2,1H3. The summed E-state index contributed by atoms with van der Waals surface area (Å²) < 4.78 is 1.22. The van der Waals surface area contributed by atoms with Crippen molar-refractivity contribution >= 4 is 27.3 Å². The van der Waals surface area contributed by atoms with Gasteiger partial charge in [0, 0.05) is 14.2 Å². The van der Waals surface area contributed by atoms with Gasteiger partial charge in [-0.15, -0.1) is 11.3 Å². The molecule has 0 atom stereocenters.